The second-order valence-electron chi connectivity index (χ2n) is 2.74. The van der Waals surface area contributed by atoms with Gasteiger partial charge in [0, 0.05) is 12.2 Å². The summed E-state index contributed by atoms with van der Waals surface area (Å²) in [6.07, 6.45) is -0.474. The molecule has 0 fully saturated rings. The van der Waals surface area contributed by atoms with Crippen molar-refractivity contribution in [2.24, 2.45) is 0 Å². The summed E-state index contributed by atoms with van der Waals surface area (Å²) in [6.45, 7) is 0.545. The van der Waals surface area contributed by atoms with Crippen molar-refractivity contribution in [1.82, 2.24) is 5.32 Å². The molecule has 1 rings (SSSR count). The summed E-state index contributed by atoms with van der Waals surface area (Å²) in [5, 5.41) is 12.4. The van der Waals surface area contributed by atoms with Crippen LogP contribution in [-0.4, -0.2) is 18.7 Å². The van der Waals surface area contributed by atoms with Gasteiger partial charge in [0.1, 0.15) is 0 Å². The topological polar surface area (TPSA) is 58.3 Å². The number of aliphatic hydroxyl groups is 1. The third-order valence-electron chi connectivity index (χ3n) is 1.69. The molecule has 0 amide bonds. The van der Waals surface area contributed by atoms with Crippen molar-refractivity contribution in [3.8, 4) is 0 Å². The lowest BCUT2D eigenvalue weighted by molar-refractivity contribution is 0.178. The molecule has 1 aromatic carbocycles. The average molecular weight is 203 g/mol. The number of nitrogens with two attached hydrogens (primary N) is 1. The van der Waals surface area contributed by atoms with Gasteiger partial charge >= 0.3 is 0 Å². The zero-order valence-corrected chi connectivity index (χ0v) is 8.34. The highest BCUT2D eigenvalue weighted by atomic mass is 35.5. The van der Waals surface area contributed by atoms with Gasteiger partial charge < -0.3 is 16.2 Å². The minimum absolute atomic E-state index is 0. The van der Waals surface area contributed by atoms with Gasteiger partial charge in [-0.05, 0) is 24.7 Å². The maximum absolute atomic E-state index is 9.53. The Morgan fingerprint density at radius 2 is 2.23 bits per heavy atom. The number of halogens is 1. The largest absolute Gasteiger partial charge is 0.399 e. The summed E-state index contributed by atoms with van der Waals surface area (Å²) in [4.78, 5) is 0. The van der Waals surface area contributed by atoms with E-state index >= 15 is 0 Å². The maximum Gasteiger partial charge on any atom is 0.0915 e. The lowest BCUT2D eigenvalue weighted by Crippen LogP contribution is -2.16. The third-order valence-corrected chi connectivity index (χ3v) is 1.69. The fraction of sp³-hybridized carbons (Fsp3) is 0.333. The predicted molar refractivity (Wildman–Crippen MR) is 57.0 cm³/mol. The smallest absolute Gasteiger partial charge is 0.0915 e. The van der Waals surface area contributed by atoms with E-state index in [1.807, 2.05) is 12.1 Å². The van der Waals surface area contributed by atoms with Crippen LogP contribution in [0.25, 0.3) is 0 Å². The minimum Gasteiger partial charge on any atom is -0.399 e. The van der Waals surface area contributed by atoms with E-state index in [-0.39, 0.29) is 12.4 Å². The highest BCUT2D eigenvalue weighted by molar-refractivity contribution is 5.85. The first-order chi connectivity index (χ1) is 5.74. The molecule has 4 N–H and O–H groups in total. The first kappa shape index (κ1) is 12.2. The van der Waals surface area contributed by atoms with E-state index in [0.717, 1.165) is 5.56 Å². The molecule has 1 atom stereocenters. The van der Waals surface area contributed by atoms with Crippen LogP contribution in [0.2, 0.25) is 0 Å². The van der Waals surface area contributed by atoms with Crippen molar-refractivity contribution in [3.63, 3.8) is 0 Å². The summed E-state index contributed by atoms with van der Waals surface area (Å²) in [6, 6.07) is 7.28. The molecular formula is C9H15ClN2O. The molecule has 0 unspecified atom stereocenters. The summed E-state index contributed by atoms with van der Waals surface area (Å²) in [5.74, 6) is 0. The number of hydrogen-bond acceptors (Lipinski definition) is 3. The Balaban J connectivity index is 0.00000144. The lowest BCUT2D eigenvalue weighted by Gasteiger charge is -2.10. The normalized spacial score (nSPS) is 11.8. The molecule has 13 heavy (non-hydrogen) atoms. The highest BCUT2D eigenvalue weighted by Gasteiger charge is 2.04. The number of anilines is 1. The zero-order valence-electron chi connectivity index (χ0n) is 7.53. The van der Waals surface area contributed by atoms with Crippen LogP contribution in [0.15, 0.2) is 24.3 Å². The summed E-state index contributed by atoms with van der Waals surface area (Å²) in [5.41, 5.74) is 7.10. The van der Waals surface area contributed by atoms with Crippen LogP contribution >= 0.6 is 12.4 Å². The number of aliphatic hydroxyl groups excluding tert-OH is 1. The molecule has 0 heterocycles. The predicted octanol–water partition coefficient (Wildman–Crippen LogP) is 0.943. The Bertz CT molecular complexity index is 255. The molecule has 0 aliphatic rings. The van der Waals surface area contributed by atoms with E-state index in [9.17, 15) is 5.11 Å². The average Bonchev–Trinajstić information content (AvgIpc) is 2.05. The van der Waals surface area contributed by atoms with Gasteiger partial charge in [-0.3, -0.25) is 0 Å². The van der Waals surface area contributed by atoms with Crippen molar-refractivity contribution in [2.45, 2.75) is 6.10 Å². The molecule has 0 radical (unpaired) electrons. The molecule has 0 bridgehead atoms. The quantitative estimate of drug-likeness (QED) is 0.640. The SMILES string of the molecule is CNC[C@H](O)c1cccc(N)c1.Cl. The summed E-state index contributed by atoms with van der Waals surface area (Å²) in [7, 11) is 1.80. The van der Waals surface area contributed by atoms with Gasteiger partial charge in [0.05, 0.1) is 6.10 Å². The van der Waals surface area contributed by atoms with Crippen molar-refractivity contribution in [3.05, 3.63) is 29.8 Å². The number of nitrogen functional groups attached to an aromatic ring is 1. The van der Waals surface area contributed by atoms with Crippen LogP contribution in [-0.2, 0) is 0 Å². The van der Waals surface area contributed by atoms with Crippen molar-refractivity contribution >= 4 is 18.1 Å². The van der Waals surface area contributed by atoms with E-state index in [1.54, 1.807) is 19.2 Å². The van der Waals surface area contributed by atoms with Crippen LogP contribution < -0.4 is 11.1 Å². The zero-order chi connectivity index (χ0) is 8.97. The Labute approximate surface area is 84.4 Å². The van der Waals surface area contributed by atoms with Crippen LogP contribution in [0.1, 0.15) is 11.7 Å². The first-order valence-corrected chi connectivity index (χ1v) is 3.92. The Hall–Kier alpha value is -0.770. The van der Waals surface area contributed by atoms with Gasteiger partial charge in [0.15, 0.2) is 0 Å². The van der Waals surface area contributed by atoms with Crippen LogP contribution in [0.4, 0.5) is 5.69 Å². The molecule has 0 saturated heterocycles. The molecular weight excluding hydrogens is 188 g/mol. The molecule has 0 saturated carbocycles. The monoisotopic (exact) mass is 202 g/mol. The van der Waals surface area contributed by atoms with Gasteiger partial charge in [0.2, 0.25) is 0 Å². The fourth-order valence-corrected chi connectivity index (χ4v) is 1.08. The molecule has 0 aliphatic heterocycles. The maximum atomic E-state index is 9.53. The Morgan fingerprint density at radius 3 is 2.77 bits per heavy atom. The number of rotatable bonds is 3. The second kappa shape index (κ2) is 5.80. The minimum atomic E-state index is -0.474. The van der Waals surface area contributed by atoms with Crippen LogP contribution in [0.5, 0.6) is 0 Å². The van der Waals surface area contributed by atoms with E-state index < -0.39 is 6.10 Å². The van der Waals surface area contributed by atoms with Crippen molar-refractivity contribution in [1.29, 1.82) is 0 Å². The first-order valence-electron chi connectivity index (χ1n) is 3.92. The van der Waals surface area contributed by atoms with Crippen molar-refractivity contribution < 1.29 is 5.11 Å². The second-order valence-corrected chi connectivity index (χ2v) is 2.74. The highest BCUT2D eigenvalue weighted by Crippen LogP contribution is 2.14. The van der Waals surface area contributed by atoms with E-state index in [0.29, 0.717) is 12.2 Å². The molecule has 0 aromatic heterocycles. The van der Waals surface area contributed by atoms with Gasteiger partial charge in [0.25, 0.3) is 0 Å². The fourth-order valence-electron chi connectivity index (χ4n) is 1.08. The van der Waals surface area contributed by atoms with E-state index in [4.69, 9.17) is 5.73 Å². The molecule has 4 heteroatoms. The number of benzene rings is 1. The lowest BCUT2D eigenvalue weighted by atomic mass is 10.1. The number of nitrogens with one attached hydrogen (secondary N) is 1. The summed E-state index contributed by atoms with van der Waals surface area (Å²) < 4.78 is 0. The number of likely N-dealkylation sites (N-methyl/N-ethyl adjacent to an activating group) is 1. The molecule has 0 spiro atoms. The van der Waals surface area contributed by atoms with Crippen LogP contribution in [0, 0.1) is 0 Å². The number of hydrogen-bond donors (Lipinski definition) is 3. The standard InChI is InChI=1S/C9H14N2O.ClH/c1-11-6-9(12)7-3-2-4-8(10)5-7;/h2-5,9,11-12H,6,10H2,1H3;1H/t9-;/m0./s1. The van der Waals surface area contributed by atoms with E-state index in [1.165, 1.54) is 0 Å². The van der Waals surface area contributed by atoms with Gasteiger partial charge in [-0.1, -0.05) is 12.1 Å². The van der Waals surface area contributed by atoms with Gasteiger partial charge in [-0.15, -0.1) is 12.4 Å². The molecule has 1 aromatic rings. The van der Waals surface area contributed by atoms with E-state index in [2.05, 4.69) is 5.32 Å². The van der Waals surface area contributed by atoms with Crippen LogP contribution in [0.3, 0.4) is 0 Å². The van der Waals surface area contributed by atoms with Gasteiger partial charge in [-0.25, -0.2) is 0 Å². The molecule has 0 aliphatic carbocycles. The van der Waals surface area contributed by atoms with Crippen molar-refractivity contribution in [2.75, 3.05) is 19.3 Å². The van der Waals surface area contributed by atoms with Gasteiger partial charge in [-0.2, -0.15) is 0 Å². The Morgan fingerprint density at radius 1 is 1.54 bits per heavy atom. The summed E-state index contributed by atoms with van der Waals surface area (Å²) >= 11 is 0. The molecule has 74 valence electrons. The third kappa shape index (κ3) is 3.63. The Kier molecular flexibility index (Phi) is 5.46. The molecule has 3 nitrogen and oxygen atoms in total.